The number of thiocarbonyl (C=S) groups is 1. The number of benzene rings is 1. The third kappa shape index (κ3) is 4.31. The summed E-state index contributed by atoms with van der Waals surface area (Å²) in [6.45, 7) is 0.456. The lowest BCUT2D eigenvalue weighted by molar-refractivity contribution is -0.140. The first-order chi connectivity index (χ1) is 15.5. The van der Waals surface area contributed by atoms with Crippen LogP contribution in [0, 0.1) is 0 Å². The molecule has 2 unspecified atom stereocenters. The van der Waals surface area contributed by atoms with E-state index in [1.165, 1.54) is 7.11 Å². The molecule has 1 fully saturated rings. The molecule has 8 heteroatoms. The number of rotatable bonds is 7. The third-order valence-corrected chi connectivity index (χ3v) is 6.06. The summed E-state index contributed by atoms with van der Waals surface area (Å²) in [5.41, 5.74) is 4.16. The number of pyridine rings is 1. The first-order valence-electron chi connectivity index (χ1n) is 10.5. The van der Waals surface area contributed by atoms with Crippen molar-refractivity contribution in [2.24, 2.45) is 0 Å². The van der Waals surface area contributed by atoms with Crippen LogP contribution in [0.4, 0.5) is 5.69 Å². The highest BCUT2D eigenvalue weighted by Gasteiger charge is 2.41. The maximum atomic E-state index is 11.9. The molecule has 3 aromatic rings. The molecule has 7 nitrogen and oxygen atoms in total. The van der Waals surface area contributed by atoms with Gasteiger partial charge in [-0.1, -0.05) is 6.07 Å². The van der Waals surface area contributed by atoms with Crippen LogP contribution in [0.15, 0.2) is 67.0 Å². The van der Waals surface area contributed by atoms with Gasteiger partial charge < -0.3 is 24.4 Å². The fourth-order valence-corrected chi connectivity index (χ4v) is 4.40. The Balaban J connectivity index is 1.74. The number of hydrogen-bond acceptors (Lipinski definition) is 5. The average molecular weight is 450 g/mol. The van der Waals surface area contributed by atoms with E-state index in [0.717, 1.165) is 22.8 Å². The van der Waals surface area contributed by atoms with E-state index < -0.39 is 0 Å². The molecule has 0 radical (unpaired) electrons. The molecule has 2 aromatic heterocycles. The van der Waals surface area contributed by atoms with E-state index in [0.29, 0.717) is 11.7 Å². The van der Waals surface area contributed by atoms with Gasteiger partial charge in [-0.2, -0.15) is 0 Å². The van der Waals surface area contributed by atoms with Crippen molar-refractivity contribution in [1.82, 2.24) is 19.8 Å². The van der Waals surface area contributed by atoms with Gasteiger partial charge in [-0.3, -0.25) is 9.78 Å². The van der Waals surface area contributed by atoms with Crippen LogP contribution in [0.2, 0.25) is 0 Å². The minimum Gasteiger partial charge on any atom is -0.469 e. The molecule has 1 aromatic carbocycles. The minimum atomic E-state index is -0.262. The Morgan fingerprint density at radius 3 is 2.59 bits per heavy atom. The van der Waals surface area contributed by atoms with Gasteiger partial charge in [-0.05, 0) is 60.7 Å². The molecule has 0 amide bonds. The highest BCUT2D eigenvalue weighted by molar-refractivity contribution is 7.80. The van der Waals surface area contributed by atoms with Gasteiger partial charge in [0.15, 0.2) is 5.11 Å². The quantitative estimate of drug-likeness (QED) is 0.438. The monoisotopic (exact) mass is 449 g/mol. The molecule has 1 saturated heterocycles. The molecule has 4 rings (SSSR count). The molecule has 166 valence electrons. The fourth-order valence-electron chi connectivity index (χ4n) is 4.06. The molecule has 0 spiro atoms. The predicted octanol–water partition coefficient (Wildman–Crippen LogP) is 3.47. The van der Waals surface area contributed by atoms with E-state index in [-0.39, 0.29) is 24.5 Å². The number of hydrogen-bond donors (Lipinski definition) is 1. The smallest absolute Gasteiger partial charge is 0.307 e. The first kappa shape index (κ1) is 21.8. The predicted molar refractivity (Wildman–Crippen MR) is 129 cm³/mol. The van der Waals surface area contributed by atoms with Crippen LogP contribution in [0.1, 0.15) is 29.9 Å². The van der Waals surface area contributed by atoms with Crippen LogP contribution in [0.3, 0.4) is 0 Å². The number of nitrogens with zero attached hydrogens (tertiary/aromatic N) is 4. The molecular weight excluding hydrogens is 422 g/mol. The molecule has 3 heterocycles. The maximum absolute atomic E-state index is 11.9. The zero-order valence-corrected chi connectivity index (χ0v) is 19.2. The van der Waals surface area contributed by atoms with Crippen LogP contribution in [0.5, 0.6) is 0 Å². The van der Waals surface area contributed by atoms with Crippen LogP contribution in [-0.2, 0) is 9.53 Å². The van der Waals surface area contributed by atoms with Gasteiger partial charge >= 0.3 is 5.97 Å². The lowest BCUT2D eigenvalue weighted by Crippen LogP contribution is -2.32. The summed E-state index contributed by atoms with van der Waals surface area (Å²) in [7, 11) is 5.45. The lowest BCUT2D eigenvalue weighted by atomic mass is 10.0. The van der Waals surface area contributed by atoms with Gasteiger partial charge in [-0.15, -0.1) is 0 Å². The van der Waals surface area contributed by atoms with Crippen molar-refractivity contribution in [3.8, 4) is 5.69 Å². The van der Waals surface area contributed by atoms with E-state index in [2.05, 4.69) is 61.2 Å². The maximum Gasteiger partial charge on any atom is 0.307 e. The van der Waals surface area contributed by atoms with Crippen molar-refractivity contribution in [3.63, 3.8) is 0 Å². The van der Waals surface area contributed by atoms with E-state index in [4.69, 9.17) is 17.0 Å². The third-order valence-electron chi connectivity index (χ3n) is 5.71. The zero-order chi connectivity index (χ0) is 22.7. The Morgan fingerprint density at radius 1 is 1.16 bits per heavy atom. The Hall–Kier alpha value is -3.39. The highest BCUT2D eigenvalue weighted by atomic mass is 32.1. The van der Waals surface area contributed by atoms with Crippen molar-refractivity contribution in [2.75, 3.05) is 32.6 Å². The number of esters is 1. The number of methoxy groups -OCH3 is 1. The zero-order valence-electron chi connectivity index (χ0n) is 18.4. The molecule has 32 heavy (non-hydrogen) atoms. The normalized spacial score (nSPS) is 17.8. The van der Waals surface area contributed by atoms with Crippen LogP contribution >= 0.6 is 12.2 Å². The number of anilines is 1. The Bertz CT molecular complexity index is 1080. The molecule has 2 atom stereocenters. The number of carbonyl (C=O) groups excluding carboxylic acids is 1. The van der Waals surface area contributed by atoms with Gasteiger partial charge in [0.2, 0.25) is 0 Å². The van der Waals surface area contributed by atoms with Gasteiger partial charge in [0, 0.05) is 50.1 Å². The molecule has 1 N–H and O–H groups in total. The minimum absolute atomic E-state index is 0.134. The lowest BCUT2D eigenvalue weighted by Gasteiger charge is -2.28. The van der Waals surface area contributed by atoms with Crippen molar-refractivity contribution in [1.29, 1.82) is 0 Å². The van der Waals surface area contributed by atoms with Crippen molar-refractivity contribution in [2.45, 2.75) is 18.5 Å². The molecule has 1 aliphatic rings. The van der Waals surface area contributed by atoms with Gasteiger partial charge in [0.25, 0.3) is 0 Å². The topological polar surface area (TPSA) is 62.6 Å². The number of carbonyl (C=O) groups is 1. The van der Waals surface area contributed by atoms with Gasteiger partial charge in [0.1, 0.15) is 0 Å². The Morgan fingerprint density at radius 2 is 1.94 bits per heavy atom. The fraction of sp³-hybridized carbons (Fsp3) is 0.292. The Kier molecular flexibility index (Phi) is 6.41. The summed E-state index contributed by atoms with van der Waals surface area (Å²) < 4.78 is 7.02. The summed E-state index contributed by atoms with van der Waals surface area (Å²) in [4.78, 5) is 20.6. The summed E-state index contributed by atoms with van der Waals surface area (Å²) in [5, 5.41) is 4.03. The van der Waals surface area contributed by atoms with Gasteiger partial charge in [-0.25, -0.2) is 0 Å². The highest BCUT2D eigenvalue weighted by Crippen LogP contribution is 2.39. The van der Waals surface area contributed by atoms with Gasteiger partial charge in [0.05, 0.1) is 31.3 Å². The second kappa shape index (κ2) is 9.40. The first-order valence-corrected chi connectivity index (χ1v) is 10.9. The summed E-state index contributed by atoms with van der Waals surface area (Å²) >= 11 is 5.68. The molecular formula is C24H27N5O2S. The van der Waals surface area contributed by atoms with Crippen LogP contribution in [-0.4, -0.2) is 53.3 Å². The standard InChI is InChI=1S/C24H27N5O2S/c1-27(2)17-9-11-18(12-10-17)28-15-6-8-20(28)23-22(19-7-4-5-14-25-19)26-24(32)29(23)16-13-21(30)31-3/h4-12,14-15,22-23H,13,16H2,1-3H3,(H,26,32). The molecule has 1 aliphatic heterocycles. The summed E-state index contributed by atoms with van der Waals surface area (Å²) in [6.07, 6.45) is 4.09. The van der Waals surface area contributed by atoms with Crippen LogP contribution < -0.4 is 10.2 Å². The van der Waals surface area contributed by atoms with Crippen LogP contribution in [0.25, 0.3) is 5.69 Å². The Labute approximate surface area is 193 Å². The van der Waals surface area contributed by atoms with Crippen molar-refractivity contribution < 1.29 is 9.53 Å². The molecule has 0 bridgehead atoms. The second-order valence-electron chi connectivity index (χ2n) is 7.86. The van der Waals surface area contributed by atoms with E-state index in [1.807, 2.05) is 38.4 Å². The summed E-state index contributed by atoms with van der Waals surface area (Å²) in [6, 6.07) is 18.1. The van der Waals surface area contributed by atoms with E-state index in [1.54, 1.807) is 6.20 Å². The largest absolute Gasteiger partial charge is 0.469 e. The SMILES string of the molecule is COC(=O)CCN1C(=S)NC(c2ccccn2)C1c1cccn1-c1ccc(N(C)C)cc1. The van der Waals surface area contributed by atoms with E-state index in [9.17, 15) is 4.79 Å². The number of aromatic nitrogens is 2. The van der Waals surface area contributed by atoms with Crippen molar-refractivity contribution in [3.05, 3.63) is 78.4 Å². The van der Waals surface area contributed by atoms with E-state index >= 15 is 0 Å². The number of nitrogens with one attached hydrogen (secondary N) is 1. The van der Waals surface area contributed by atoms with Crippen molar-refractivity contribution >= 4 is 29.0 Å². The number of ether oxygens (including phenoxy) is 1. The second-order valence-corrected chi connectivity index (χ2v) is 8.25. The average Bonchev–Trinajstić information content (AvgIpc) is 3.42. The molecule has 0 saturated carbocycles. The molecule has 0 aliphatic carbocycles. The summed E-state index contributed by atoms with van der Waals surface area (Å²) in [5.74, 6) is -0.262.